The molecule has 0 aliphatic heterocycles. The van der Waals surface area contributed by atoms with Crippen LogP contribution in [0, 0.1) is 0 Å². The third-order valence-electron chi connectivity index (χ3n) is 3.04. The number of aromatic nitrogens is 4. The first kappa shape index (κ1) is 14.5. The molecule has 0 radical (unpaired) electrons. The molecule has 0 atom stereocenters. The normalized spacial score (nSPS) is 11.3. The molecule has 0 spiro atoms. The van der Waals surface area contributed by atoms with Crippen LogP contribution in [0.5, 0.6) is 0 Å². The number of imidazole rings is 1. The van der Waals surface area contributed by atoms with Gasteiger partial charge >= 0.3 is 5.69 Å². The summed E-state index contributed by atoms with van der Waals surface area (Å²) in [5.41, 5.74) is -0.0194. The highest BCUT2D eigenvalue weighted by atomic mass is 16.5. The molecule has 2 N–H and O–H groups in total. The van der Waals surface area contributed by atoms with Gasteiger partial charge in [0.05, 0.1) is 0 Å². The largest absolute Gasteiger partial charge is 0.382 e. The summed E-state index contributed by atoms with van der Waals surface area (Å²) in [6.07, 6.45) is 2.31. The summed E-state index contributed by atoms with van der Waals surface area (Å²) in [7, 11) is 0. The number of fused-ring (bicyclic) bond motifs is 1. The Kier molecular flexibility index (Phi) is 4.73. The van der Waals surface area contributed by atoms with E-state index in [0.717, 1.165) is 12.8 Å². The lowest BCUT2D eigenvalue weighted by Crippen LogP contribution is -2.30. The highest BCUT2D eigenvalue weighted by molar-refractivity contribution is 5.69. The Morgan fingerprint density at radius 1 is 1.25 bits per heavy atom. The first-order chi connectivity index (χ1) is 9.67. The molecule has 0 aliphatic carbocycles. The van der Waals surface area contributed by atoms with E-state index in [9.17, 15) is 9.59 Å². The lowest BCUT2D eigenvalue weighted by Gasteiger charge is -2.02. The van der Waals surface area contributed by atoms with E-state index in [0.29, 0.717) is 43.2 Å². The van der Waals surface area contributed by atoms with Crippen molar-refractivity contribution in [3.8, 4) is 0 Å². The van der Waals surface area contributed by atoms with E-state index in [1.54, 1.807) is 0 Å². The summed E-state index contributed by atoms with van der Waals surface area (Å²) in [5, 5.41) is 0. The molecule has 2 aromatic heterocycles. The monoisotopic (exact) mass is 280 g/mol. The summed E-state index contributed by atoms with van der Waals surface area (Å²) >= 11 is 0. The highest BCUT2D eigenvalue weighted by Crippen LogP contribution is 2.07. The van der Waals surface area contributed by atoms with Crippen molar-refractivity contribution in [1.82, 2.24) is 19.5 Å². The van der Waals surface area contributed by atoms with Crippen molar-refractivity contribution in [2.24, 2.45) is 0 Å². The Hall–Kier alpha value is -1.89. The predicted molar refractivity (Wildman–Crippen MR) is 76.1 cm³/mol. The van der Waals surface area contributed by atoms with E-state index in [2.05, 4.69) is 15.0 Å². The molecule has 2 heterocycles. The zero-order chi connectivity index (χ0) is 14.5. The van der Waals surface area contributed by atoms with Gasteiger partial charge in [0.1, 0.15) is 11.3 Å². The molecule has 2 rings (SSSR count). The maximum atomic E-state index is 11.8. The van der Waals surface area contributed by atoms with Gasteiger partial charge in [-0.05, 0) is 19.8 Å². The van der Waals surface area contributed by atoms with E-state index in [4.69, 9.17) is 4.74 Å². The SMILES string of the molecule is CCCn1c(=O)[nH]c(=O)c2[nH]c(CCCOCC)nc21. The minimum absolute atomic E-state index is 0.365. The number of aryl methyl sites for hydroxylation is 2. The van der Waals surface area contributed by atoms with Crippen molar-refractivity contribution in [2.75, 3.05) is 13.2 Å². The van der Waals surface area contributed by atoms with Crippen LogP contribution in [0.25, 0.3) is 11.2 Å². The molecule has 7 nitrogen and oxygen atoms in total. The number of rotatable bonds is 7. The van der Waals surface area contributed by atoms with Gasteiger partial charge in [-0.15, -0.1) is 0 Å². The maximum absolute atomic E-state index is 11.8. The Morgan fingerprint density at radius 2 is 2.05 bits per heavy atom. The van der Waals surface area contributed by atoms with Gasteiger partial charge in [-0.25, -0.2) is 9.78 Å². The van der Waals surface area contributed by atoms with E-state index in [-0.39, 0.29) is 0 Å². The van der Waals surface area contributed by atoms with E-state index in [1.165, 1.54) is 4.57 Å². The summed E-state index contributed by atoms with van der Waals surface area (Å²) in [6, 6.07) is 0. The number of nitrogens with one attached hydrogen (secondary N) is 2. The van der Waals surface area contributed by atoms with Crippen molar-refractivity contribution in [3.63, 3.8) is 0 Å². The fourth-order valence-electron chi connectivity index (χ4n) is 2.12. The Balaban J connectivity index is 2.32. The first-order valence-electron chi connectivity index (χ1n) is 6.96. The molecule has 0 unspecified atom stereocenters. The summed E-state index contributed by atoms with van der Waals surface area (Å²) < 4.78 is 6.77. The second-order valence-corrected chi connectivity index (χ2v) is 4.59. The summed E-state index contributed by atoms with van der Waals surface area (Å²) in [6.45, 7) is 5.81. The molecule has 7 heteroatoms. The molecule has 110 valence electrons. The number of ether oxygens (including phenoxy) is 1. The second kappa shape index (κ2) is 6.51. The van der Waals surface area contributed by atoms with Crippen LogP contribution in [0.3, 0.4) is 0 Å². The van der Waals surface area contributed by atoms with Gasteiger partial charge in [0.25, 0.3) is 5.56 Å². The lowest BCUT2D eigenvalue weighted by molar-refractivity contribution is 0.145. The van der Waals surface area contributed by atoms with E-state index in [1.807, 2.05) is 13.8 Å². The molecular weight excluding hydrogens is 260 g/mol. The van der Waals surface area contributed by atoms with Gasteiger partial charge in [0, 0.05) is 26.2 Å². The number of hydrogen-bond acceptors (Lipinski definition) is 4. The van der Waals surface area contributed by atoms with Crippen LogP contribution < -0.4 is 11.2 Å². The number of H-pyrrole nitrogens is 2. The number of hydrogen-bond donors (Lipinski definition) is 2. The highest BCUT2D eigenvalue weighted by Gasteiger charge is 2.12. The molecular formula is C13H20N4O3. The number of nitrogens with zero attached hydrogens (tertiary/aromatic N) is 2. The van der Waals surface area contributed by atoms with Crippen LogP contribution >= 0.6 is 0 Å². The molecule has 0 aliphatic rings. The minimum atomic E-state index is -0.416. The molecule has 0 fully saturated rings. The zero-order valence-corrected chi connectivity index (χ0v) is 11.9. The minimum Gasteiger partial charge on any atom is -0.382 e. The Labute approximate surface area is 116 Å². The second-order valence-electron chi connectivity index (χ2n) is 4.59. The molecule has 2 aromatic rings. The van der Waals surface area contributed by atoms with E-state index < -0.39 is 11.2 Å². The van der Waals surface area contributed by atoms with Crippen molar-refractivity contribution in [1.29, 1.82) is 0 Å². The maximum Gasteiger partial charge on any atom is 0.330 e. The predicted octanol–water partition coefficient (Wildman–Crippen LogP) is 0.792. The van der Waals surface area contributed by atoms with Gasteiger partial charge in [-0.1, -0.05) is 6.92 Å². The standard InChI is InChI=1S/C13H20N4O3/c1-3-7-17-11-10(12(18)16-13(17)19)14-9(15-11)6-5-8-20-4-2/h3-8H2,1-2H3,(H,14,15)(H,16,18,19). The van der Waals surface area contributed by atoms with Gasteiger partial charge in [-0.2, -0.15) is 0 Å². The fourth-order valence-corrected chi connectivity index (χ4v) is 2.12. The van der Waals surface area contributed by atoms with Crippen LogP contribution in [0.15, 0.2) is 9.59 Å². The first-order valence-corrected chi connectivity index (χ1v) is 6.96. The Morgan fingerprint density at radius 3 is 2.75 bits per heavy atom. The average Bonchev–Trinajstić information content (AvgIpc) is 2.84. The van der Waals surface area contributed by atoms with Crippen molar-refractivity contribution in [3.05, 3.63) is 26.7 Å². The van der Waals surface area contributed by atoms with Gasteiger partial charge in [0.2, 0.25) is 0 Å². The summed E-state index contributed by atoms with van der Waals surface area (Å²) in [5.74, 6) is 0.709. The van der Waals surface area contributed by atoms with Crippen LogP contribution in [0.2, 0.25) is 0 Å². The van der Waals surface area contributed by atoms with Crippen LogP contribution in [-0.4, -0.2) is 32.7 Å². The van der Waals surface area contributed by atoms with E-state index >= 15 is 0 Å². The van der Waals surface area contributed by atoms with Crippen LogP contribution in [0.4, 0.5) is 0 Å². The number of aromatic amines is 2. The molecule has 0 bridgehead atoms. The molecule has 20 heavy (non-hydrogen) atoms. The van der Waals surface area contributed by atoms with Gasteiger partial charge in [0.15, 0.2) is 5.65 Å². The quantitative estimate of drug-likeness (QED) is 0.733. The summed E-state index contributed by atoms with van der Waals surface area (Å²) in [4.78, 5) is 33.3. The topological polar surface area (TPSA) is 92.8 Å². The molecule has 0 saturated heterocycles. The van der Waals surface area contributed by atoms with Gasteiger partial charge in [-0.3, -0.25) is 14.3 Å². The lowest BCUT2D eigenvalue weighted by atomic mass is 10.3. The molecule has 0 aromatic carbocycles. The van der Waals surface area contributed by atoms with Gasteiger partial charge < -0.3 is 9.72 Å². The fraction of sp³-hybridized carbons (Fsp3) is 0.615. The average molecular weight is 280 g/mol. The smallest absolute Gasteiger partial charge is 0.330 e. The zero-order valence-electron chi connectivity index (χ0n) is 11.9. The van der Waals surface area contributed by atoms with Crippen molar-refractivity contribution in [2.45, 2.75) is 39.7 Å². The van der Waals surface area contributed by atoms with Crippen molar-refractivity contribution >= 4 is 11.2 Å². The third kappa shape index (κ3) is 2.98. The van der Waals surface area contributed by atoms with Crippen LogP contribution in [-0.2, 0) is 17.7 Å². The molecule has 0 saturated carbocycles. The van der Waals surface area contributed by atoms with Crippen LogP contribution in [0.1, 0.15) is 32.5 Å². The Bertz CT molecular complexity index is 683. The van der Waals surface area contributed by atoms with Crippen molar-refractivity contribution < 1.29 is 4.74 Å². The third-order valence-corrected chi connectivity index (χ3v) is 3.04. The molecule has 0 amide bonds.